The van der Waals surface area contributed by atoms with Crippen LogP contribution in [0.3, 0.4) is 0 Å². The second-order valence-electron chi connectivity index (χ2n) is 4.44. The predicted octanol–water partition coefficient (Wildman–Crippen LogP) is 1.64. The number of aryl methyl sites for hydroxylation is 2. The summed E-state index contributed by atoms with van der Waals surface area (Å²) in [4.78, 5) is 11.3. The first kappa shape index (κ1) is 13.5. The molecule has 0 saturated carbocycles. The fraction of sp³-hybridized carbons (Fsp3) is 0.462. The molecule has 0 bridgehead atoms. The first-order chi connectivity index (χ1) is 7.86. The van der Waals surface area contributed by atoms with E-state index < -0.39 is 11.6 Å². The van der Waals surface area contributed by atoms with Crippen LogP contribution < -0.4 is 5.32 Å². The Balaban J connectivity index is 2.73. The highest BCUT2D eigenvalue weighted by molar-refractivity contribution is 5.79. The van der Waals surface area contributed by atoms with Gasteiger partial charge >= 0.3 is 5.97 Å². The van der Waals surface area contributed by atoms with Crippen molar-refractivity contribution in [2.45, 2.75) is 26.4 Å². The van der Waals surface area contributed by atoms with E-state index in [0.29, 0.717) is 0 Å². The van der Waals surface area contributed by atoms with Crippen LogP contribution in [0, 0.1) is 13.8 Å². The van der Waals surface area contributed by atoms with Gasteiger partial charge in [0.2, 0.25) is 0 Å². The number of benzene rings is 1. The van der Waals surface area contributed by atoms with Gasteiger partial charge in [0.15, 0.2) is 5.60 Å². The molecule has 2 N–H and O–H groups in total. The maximum absolute atomic E-state index is 11.3. The number of hydrogen-bond donors (Lipinski definition) is 2. The first-order valence-corrected chi connectivity index (χ1v) is 5.49. The number of nitrogens with one attached hydrogen (secondary N) is 1. The van der Waals surface area contributed by atoms with Crippen LogP contribution in [0.25, 0.3) is 0 Å². The molecular formula is C13H19NO3. The summed E-state index contributed by atoms with van der Waals surface area (Å²) in [6, 6.07) is 5.98. The van der Waals surface area contributed by atoms with E-state index >= 15 is 0 Å². The summed E-state index contributed by atoms with van der Waals surface area (Å²) >= 11 is 0. The van der Waals surface area contributed by atoms with Gasteiger partial charge in [0.25, 0.3) is 0 Å². The van der Waals surface area contributed by atoms with E-state index in [4.69, 9.17) is 0 Å². The maximum atomic E-state index is 11.3. The van der Waals surface area contributed by atoms with E-state index in [1.165, 1.54) is 14.0 Å². The fourth-order valence-electron chi connectivity index (χ4n) is 1.49. The Morgan fingerprint density at radius 1 is 1.47 bits per heavy atom. The quantitative estimate of drug-likeness (QED) is 0.782. The molecule has 0 spiro atoms. The second kappa shape index (κ2) is 5.19. The molecule has 0 heterocycles. The van der Waals surface area contributed by atoms with Crippen LogP contribution in [0.2, 0.25) is 0 Å². The third kappa shape index (κ3) is 3.46. The van der Waals surface area contributed by atoms with Gasteiger partial charge in [-0.2, -0.15) is 0 Å². The summed E-state index contributed by atoms with van der Waals surface area (Å²) in [5.41, 5.74) is 1.58. The van der Waals surface area contributed by atoms with E-state index in [0.717, 1.165) is 16.8 Å². The van der Waals surface area contributed by atoms with Crippen molar-refractivity contribution >= 4 is 11.7 Å². The minimum atomic E-state index is -1.52. The van der Waals surface area contributed by atoms with E-state index in [1.54, 1.807) is 0 Å². The molecule has 0 radical (unpaired) electrons. The molecule has 0 saturated heterocycles. The summed E-state index contributed by atoms with van der Waals surface area (Å²) in [6.07, 6.45) is 0. The average molecular weight is 237 g/mol. The number of anilines is 1. The Bertz CT molecular complexity index is 413. The van der Waals surface area contributed by atoms with Crippen LogP contribution in [0.5, 0.6) is 0 Å². The highest BCUT2D eigenvalue weighted by Crippen LogP contribution is 2.17. The van der Waals surface area contributed by atoms with Crippen molar-refractivity contribution in [3.63, 3.8) is 0 Å². The Kier molecular flexibility index (Phi) is 4.12. The minimum absolute atomic E-state index is 0.115. The molecular weight excluding hydrogens is 218 g/mol. The van der Waals surface area contributed by atoms with Crippen LogP contribution in [0.4, 0.5) is 5.69 Å². The minimum Gasteiger partial charge on any atom is -0.467 e. The molecule has 0 aromatic heterocycles. The zero-order valence-corrected chi connectivity index (χ0v) is 10.7. The van der Waals surface area contributed by atoms with Crippen LogP contribution in [0.15, 0.2) is 18.2 Å². The normalized spacial score (nSPS) is 13.9. The number of hydrogen-bond acceptors (Lipinski definition) is 4. The Hall–Kier alpha value is -1.55. The number of ether oxygens (including phenoxy) is 1. The second-order valence-corrected chi connectivity index (χ2v) is 4.44. The van der Waals surface area contributed by atoms with Crippen molar-refractivity contribution in [1.29, 1.82) is 0 Å². The molecule has 0 aliphatic rings. The van der Waals surface area contributed by atoms with E-state index in [-0.39, 0.29) is 6.54 Å². The summed E-state index contributed by atoms with van der Waals surface area (Å²) in [5.74, 6) is -0.643. The number of esters is 1. The molecule has 4 heteroatoms. The van der Waals surface area contributed by atoms with Crippen LogP contribution >= 0.6 is 0 Å². The van der Waals surface area contributed by atoms with E-state index in [9.17, 15) is 9.90 Å². The van der Waals surface area contributed by atoms with Crippen molar-refractivity contribution < 1.29 is 14.6 Å². The van der Waals surface area contributed by atoms with Gasteiger partial charge in [-0.25, -0.2) is 4.79 Å². The lowest BCUT2D eigenvalue weighted by Gasteiger charge is -2.22. The van der Waals surface area contributed by atoms with Gasteiger partial charge in [-0.15, -0.1) is 0 Å². The highest BCUT2D eigenvalue weighted by atomic mass is 16.5. The zero-order chi connectivity index (χ0) is 13.1. The zero-order valence-electron chi connectivity index (χ0n) is 10.7. The molecule has 4 nitrogen and oxygen atoms in total. The molecule has 1 aromatic rings. The smallest absolute Gasteiger partial charge is 0.339 e. The Labute approximate surface area is 102 Å². The average Bonchev–Trinajstić information content (AvgIpc) is 2.29. The van der Waals surface area contributed by atoms with E-state index in [2.05, 4.69) is 10.1 Å². The van der Waals surface area contributed by atoms with Gasteiger partial charge in [0, 0.05) is 5.69 Å². The van der Waals surface area contributed by atoms with Crippen LogP contribution in [-0.2, 0) is 9.53 Å². The number of carbonyl (C=O) groups is 1. The number of rotatable bonds is 4. The summed E-state index contributed by atoms with van der Waals surface area (Å²) in [5, 5.41) is 12.9. The molecule has 0 amide bonds. The maximum Gasteiger partial charge on any atom is 0.339 e. The van der Waals surface area contributed by atoms with Gasteiger partial charge < -0.3 is 15.2 Å². The lowest BCUT2D eigenvalue weighted by molar-refractivity contribution is -0.158. The molecule has 17 heavy (non-hydrogen) atoms. The van der Waals surface area contributed by atoms with Gasteiger partial charge in [-0.1, -0.05) is 12.1 Å². The van der Waals surface area contributed by atoms with Crippen molar-refractivity contribution in [2.24, 2.45) is 0 Å². The van der Waals surface area contributed by atoms with Gasteiger partial charge in [0.05, 0.1) is 13.7 Å². The van der Waals surface area contributed by atoms with E-state index in [1.807, 2.05) is 32.0 Å². The molecule has 1 unspecified atom stereocenters. The Morgan fingerprint density at radius 3 is 2.71 bits per heavy atom. The van der Waals surface area contributed by atoms with Crippen molar-refractivity contribution in [3.05, 3.63) is 29.3 Å². The lowest BCUT2D eigenvalue weighted by Crippen LogP contribution is -2.42. The predicted molar refractivity (Wildman–Crippen MR) is 67.0 cm³/mol. The van der Waals surface area contributed by atoms with Crippen LogP contribution in [0.1, 0.15) is 18.1 Å². The Morgan fingerprint density at radius 2 is 2.12 bits per heavy atom. The topological polar surface area (TPSA) is 58.6 Å². The molecule has 1 aromatic carbocycles. The summed E-state index contributed by atoms with van der Waals surface area (Å²) in [7, 11) is 1.26. The van der Waals surface area contributed by atoms with Gasteiger partial charge in [0.1, 0.15) is 0 Å². The largest absolute Gasteiger partial charge is 0.467 e. The third-order valence-corrected chi connectivity index (χ3v) is 2.64. The number of methoxy groups -OCH3 is 1. The fourth-order valence-corrected chi connectivity index (χ4v) is 1.49. The number of carbonyl (C=O) groups excluding carboxylic acids is 1. The number of aliphatic hydroxyl groups is 1. The van der Waals surface area contributed by atoms with Crippen molar-refractivity contribution in [3.8, 4) is 0 Å². The standard InChI is InChI=1S/C13H19NO3/c1-9-5-6-10(2)11(7-9)14-8-13(3,16)12(15)17-4/h5-7,14,16H,8H2,1-4H3. The van der Waals surface area contributed by atoms with Crippen molar-refractivity contribution in [1.82, 2.24) is 0 Å². The molecule has 1 rings (SSSR count). The molecule has 0 fully saturated rings. The van der Waals surface area contributed by atoms with Crippen molar-refractivity contribution in [2.75, 3.05) is 19.0 Å². The van der Waals surface area contributed by atoms with Crippen LogP contribution in [-0.4, -0.2) is 30.3 Å². The first-order valence-electron chi connectivity index (χ1n) is 5.49. The monoisotopic (exact) mass is 237 g/mol. The highest BCUT2D eigenvalue weighted by Gasteiger charge is 2.31. The molecule has 94 valence electrons. The molecule has 0 aliphatic heterocycles. The molecule has 0 aliphatic carbocycles. The molecule has 1 atom stereocenters. The van der Waals surface area contributed by atoms with Gasteiger partial charge in [-0.05, 0) is 38.0 Å². The SMILES string of the molecule is COC(=O)C(C)(O)CNc1cc(C)ccc1C. The van der Waals surface area contributed by atoms with Gasteiger partial charge in [-0.3, -0.25) is 0 Å². The lowest BCUT2D eigenvalue weighted by atomic mass is 10.1. The summed E-state index contributed by atoms with van der Waals surface area (Å²) < 4.78 is 4.53. The third-order valence-electron chi connectivity index (χ3n) is 2.64. The summed E-state index contributed by atoms with van der Waals surface area (Å²) in [6.45, 7) is 5.50.